The number of esters is 1. The van der Waals surface area contributed by atoms with Crippen molar-refractivity contribution in [3.8, 4) is 0 Å². The van der Waals surface area contributed by atoms with Crippen molar-refractivity contribution in [2.24, 2.45) is 28.6 Å². The molecule has 0 amide bonds. The molecule has 4 nitrogen and oxygen atoms in total. The minimum absolute atomic E-state index is 0.0591. The zero-order chi connectivity index (χ0) is 21.1. The Labute approximate surface area is 179 Å². The fourth-order valence-electron chi connectivity index (χ4n) is 7.59. The van der Waals surface area contributed by atoms with Crippen LogP contribution in [0.25, 0.3) is 5.57 Å². The van der Waals surface area contributed by atoms with E-state index in [2.05, 4.69) is 32.1 Å². The Morgan fingerprint density at radius 2 is 1.93 bits per heavy atom. The van der Waals surface area contributed by atoms with Gasteiger partial charge in [0.05, 0.1) is 0 Å². The Hall–Kier alpha value is -2.10. The van der Waals surface area contributed by atoms with Gasteiger partial charge in [0.15, 0.2) is 12.4 Å². The highest BCUT2D eigenvalue weighted by Crippen LogP contribution is 2.66. The Kier molecular flexibility index (Phi) is 4.61. The first-order chi connectivity index (χ1) is 14.3. The zero-order valence-corrected chi connectivity index (χ0v) is 18.4. The SMILES string of the molecule is CC(=O)O[C@H]1CC[C@@]2(C)C(=CC[C@@H]3[C@@H]2CC[C@]2(C)C(c4ccc[n+]([O-])c4)=CC[C@@H]32)C1. The molecule has 0 bridgehead atoms. The molecule has 30 heavy (non-hydrogen) atoms. The number of pyridine rings is 1. The minimum atomic E-state index is -0.156. The van der Waals surface area contributed by atoms with E-state index in [9.17, 15) is 10.0 Å². The molecule has 1 aromatic heterocycles. The lowest BCUT2D eigenvalue weighted by Gasteiger charge is -2.57. The molecule has 1 heterocycles. The number of hydrogen-bond donors (Lipinski definition) is 0. The number of aromatic nitrogens is 1. The van der Waals surface area contributed by atoms with E-state index in [-0.39, 0.29) is 22.9 Å². The predicted molar refractivity (Wildman–Crippen MR) is 116 cm³/mol. The molecule has 4 aliphatic carbocycles. The summed E-state index contributed by atoms with van der Waals surface area (Å²) in [5.41, 5.74) is 4.41. The molecule has 2 fully saturated rings. The van der Waals surface area contributed by atoms with E-state index in [4.69, 9.17) is 4.74 Å². The lowest BCUT2D eigenvalue weighted by molar-refractivity contribution is -0.605. The van der Waals surface area contributed by atoms with Crippen molar-refractivity contribution in [3.05, 3.63) is 53.0 Å². The maximum atomic E-state index is 11.9. The van der Waals surface area contributed by atoms with Crippen molar-refractivity contribution in [3.63, 3.8) is 0 Å². The first kappa shape index (κ1) is 19.8. The van der Waals surface area contributed by atoms with Crippen LogP contribution < -0.4 is 4.73 Å². The minimum Gasteiger partial charge on any atom is -0.619 e. The molecule has 0 aromatic carbocycles. The van der Waals surface area contributed by atoms with Crippen molar-refractivity contribution in [1.82, 2.24) is 0 Å². The third kappa shape index (κ3) is 2.94. The number of carbonyl (C=O) groups excluding carboxylic acids is 1. The Morgan fingerprint density at radius 3 is 2.70 bits per heavy atom. The summed E-state index contributed by atoms with van der Waals surface area (Å²) in [4.78, 5) is 11.4. The van der Waals surface area contributed by atoms with E-state index in [0.717, 1.165) is 42.4 Å². The summed E-state index contributed by atoms with van der Waals surface area (Å²) in [6.45, 7) is 6.43. The van der Waals surface area contributed by atoms with Crippen LogP contribution in [-0.2, 0) is 9.53 Å². The summed E-state index contributed by atoms with van der Waals surface area (Å²) in [6, 6.07) is 3.96. The predicted octanol–water partition coefficient (Wildman–Crippen LogP) is 5.21. The van der Waals surface area contributed by atoms with Gasteiger partial charge < -0.3 is 9.94 Å². The number of nitrogens with zero attached hydrogens (tertiary/aromatic N) is 1. The molecular formula is C26H33NO3. The average Bonchev–Trinajstić information content (AvgIpc) is 3.05. The van der Waals surface area contributed by atoms with Gasteiger partial charge in [-0.1, -0.05) is 31.6 Å². The van der Waals surface area contributed by atoms with Crippen LogP contribution in [0.5, 0.6) is 0 Å². The van der Waals surface area contributed by atoms with Gasteiger partial charge in [-0.15, -0.1) is 0 Å². The largest absolute Gasteiger partial charge is 0.619 e. The summed E-state index contributed by atoms with van der Waals surface area (Å²) in [5.74, 6) is 1.89. The molecule has 160 valence electrons. The van der Waals surface area contributed by atoms with E-state index in [1.165, 1.54) is 30.9 Å². The van der Waals surface area contributed by atoms with Crippen LogP contribution in [0, 0.1) is 33.8 Å². The van der Waals surface area contributed by atoms with Crippen LogP contribution in [-0.4, -0.2) is 12.1 Å². The fourth-order valence-corrected chi connectivity index (χ4v) is 7.59. The number of hydrogen-bond acceptors (Lipinski definition) is 3. The molecule has 0 saturated heterocycles. The van der Waals surface area contributed by atoms with Crippen LogP contribution >= 0.6 is 0 Å². The lowest BCUT2D eigenvalue weighted by Crippen LogP contribution is -2.50. The number of ether oxygens (including phenoxy) is 1. The molecule has 5 rings (SSSR count). The molecule has 0 radical (unpaired) electrons. The number of allylic oxidation sites excluding steroid dienone is 3. The Morgan fingerprint density at radius 1 is 1.13 bits per heavy atom. The molecule has 0 unspecified atom stereocenters. The van der Waals surface area contributed by atoms with Crippen LogP contribution in [0.3, 0.4) is 0 Å². The average molecular weight is 408 g/mol. The van der Waals surface area contributed by atoms with Crippen LogP contribution in [0.2, 0.25) is 0 Å². The molecule has 0 spiro atoms. The summed E-state index contributed by atoms with van der Waals surface area (Å²) < 4.78 is 6.49. The highest BCUT2D eigenvalue weighted by atomic mass is 16.5. The van der Waals surface area contributed by atoms with E-state index in [1.54, 1.807) is 12.4 Å². The first-order valence-electron chi connectivity index (χ1n) is 11.6. The van der Waals surface area contributed by atoms with Gasteiger partial charge in [-0.05, 0) is 78.7 Å². The molecule has 2 saturated carbocycles. The van der Waals surface area contributed by atoms with Crippen LogP contribution in [0.4, 0.5) is 0 Å². The standard InChI is InChI=1S/C26H33NO3/c1-17(28)30-20-10-12-25(2)19(15-20)6-7-21-23-9-8-22(18-5-4-14-27(29)16-18)26(23,3)13-11-24(21)25/h4-6,8,14,16,20-21,23-24H,7,9-13,15H2,1-3H3/t20-,21-,23-,24-,25-,26+/m0/s1. The van der Waals surface area contributed by atoms with Gasteiger partial charge in [0, 0.05) is 25.0 Å². The van der Waals surface area contributed by atoms with Gasteiger partial charge >= 0.3 is 5.97 Å². The number of carbonyl (C=O) groups is 1. The van der Waals surface area contributed by atoms with Crippen molar-refractivity contribution in [2.75, 3.05) is 0 Å². The smallest absolute Gasteiger partial charge is 0.302 e. The Bertz CT molecular complexity index is 934. The molecule has 4 heteroatoms. The second-order valence-electron chi connectivity index (χ2n) is 10.5. The van der Waals surface area contributed by atoms with E-state index >= 15 is 0 Å². The monoisotopic (exact) mass is 407 g/mol. The second-order valence-corrected chi connectivity index (χ2v) is 10.5. The maximum Gasteiger partial charge on any atom is 0.302 e. The molecule has 0 aliphatic heterocycles. The summed E-state index contributed by atoms with van der Waals surface area (Å²) in [6.07, 6.45) is 16.0. The number of rotatable bonds is 2. The van der Waals surface area contributed by atoms with Gasteiger partial charge in [0.25, 0.3) is 0 Å². The van der Waals surface area contributed by atoms with E-state index in [0.29, 0.717) is 17.8 Å². The first-order valence-corrected chi connectivity index (χ1v) is 11.6. The lowest BCUT2D eigenvalue weighted by atomic mass is 9.47. The summed E-state index contributed by atoms with van der Waals surface area (Å²) in [7, 11) is 0. The van der Waals surface area contributed by atoms with Gasteiger partial charge in [0.1, 0.15) is 6.10 Å². The fraction of sp³-hybridized carbons (Fsp3) is 0.615. The molecular weight excluding hydrogens is 374 g/mol. The maximum absolute atomic E-state index is 11.9. The third-order valence-electron chi connectivity index (χ3n) is 9.06. The van der Waals surface area contributed by atoms with Gasteiger partial charge in [-0.25, -0.2) is 0 Å². The Balaban J connectivity index is 1.41. The highest BCUT2D eigenvalue weighted by Gasteiger charge is 2.57. The zero-order valence-electron chi connectivity index (χ0n) is 18.4. The van der Waals surface area contributed by atoms with Gasteiger partial charge in [-0.3, -0.25) is 4.79 Å². The van der Waals surface area contributed by atoms with Crippen molar-refractivity contribution in [1.29, 1.82) is 0 Å². The summed E-state index contributed by atoms with van der Waals surface area (Å²) in [5, 5.41) is 11.9. The van der Waals surface area contributed by atoms with Crippen molar-refractivity contribution >= 4 is 11.5 Å². The number of fused-ring (bicyclic) bond motifs is 5. The molecule has 4 aliphatic rings. The van der Waals surface area contributed by atoms with E-state index < -0.39 is 0 Å². The van der Waals surface area contributed by atoms with Gasteiger partial charge in [0.2, 0.25) is 0 Å². The van der Waals surface area contributed by atoms with Gasteiger partial charge in [-0.2, -0.15) is 4.73 Å². The van der Waals surface area contributed by atoms with Crippen molar-refractivity contribution < 1.29 is 14.3 Å². The normalized spacial score (nSPS) is 39.8. The second kappa shape index (κ2) is 6.96. The topological polar surface area (TPSA) is 53.2 Å². The van der Waals surface area contributed by atoms with E-state index in [1.807, 2.05) is 6.07 Å². The van der Waals surface area contributed by atoms with Crippen LogP contribution in [0.15, 0.2) is 42.3 Å². The summed E-state index contributed by atoms with van der Waals surface area (Å²) >= 11 is 0. The molecule has 1 aromatic rings. The highest BCUT2D eigenvalue weighted by molar-refractivity contribution is 5.72. The quantitative estimate of drug-likeness (QED) is 0.293. The molecule has 0 N–H and O–H groups in total. The van der Waals surface area contributed by atoms with Crippen molar-refractivity contribution in [2.45, 2.75) is 71.8 Å². The van der Waals surface area contributed by atoms with Crippen LogP contribution in [0.1, 0.15) is 71.3 Å². The third-order valence-corrected chi connectivity index (χ3v) is 9.06. The molecule has 6 atom stereocenters.